The molecule has 1 aliphatic heterocycles. The lowest BCUT2D eigenvalue weighted by Crippen LogP contribution is -2.35. The van der Waals surface area contributed by atoms with Crippen LogP contribution in [0.1, 0.15) is 18.4 Å². The van der Waals surface area contributed by atoms with E-state index in [0.717, 1.165) is 30.7 Å². The second-order valence-electron chi connectivity index (χ2n) is 6.11. The van der Waals surface area contributed by atoms with Gasteiger partial charge in [-0.3, -0.25) is 4.79 Å². The van der Waals surface area contributed by atoms with Gasteiger partial charge in [0.2, 0.25) is 5.91 Å². The zero-order valence-corrected chi connectivity index (χ0v) is 15.3. The van der Waals surface area contributed by atoms with Gasteiger partial charge in [0.05, 0.1) is 18.2 Å². The zero-order chi connectivity index (χ0) is 18.2. The molecule has 6 heteroatoms. The molecule has 1 aliphatic rings. The summed E-state index contributed by atoms with van der Waals surface area (Å²) in [6, 6.07) is 17.0. The number of para-hydroxylation sites is 2. The minimum atomic E-state index is -0.161. The van der Waals surface area contributed by atoms with Crippen LogP contribution < -0.4 is 15.4 Å². The number of rotatable bonds is 6. The van der Waals surface area contributed by atoms with Crippen LogP contribution in [0.4, 0.5) is 5.69 Å². The van der Waals surface area contributed by atoms with Gasteiger partial charge in [-0.1, -0.05) is 42.5 Å². The highest BCUT2D eigenvalue weighted by molar-refractivity contribution is 7.80. The number of nitrogens with one attached hydrogen (secondary N) is 2. The van der Waals surface area contributed by atoms with Crippen molar-refractivity contribution < 1.29 is 14.3 Å². The van der Waals surface area contributed by atoms with Crippen LogP contribution in [0.3, 0.4) is 0 Å². The number of thiocarbonyl (C=S) groups is 1. The average molecular weight is 370 g/mol. The molecule has 1 fully saturated rings. The van der Waals surface area contributed by atoms with Gasteiger partial charge in [-0.25, -0.2) is 0 Å². The van der Waals surface area contributed by atoms with Crippen molar-refractivity contribution in [3.63, 3.8) is 0 Å². The Morgan fingerprint density at radius 2 is 1.92 bits per heavy atom. The number of hydrogen-bond acceptors (Lipinski definition) is 4. The largest absolute Gasteiger partial charge is 0.489 e. The maximum atomic E-state index is 12.1. The van der Waals surface area contributed by atoms with E-state index in [0.29, 0.717) is 12.4 Å². The SMILES string of the molecule is O=C(Cc1ccccc1)NC(=S)Nc1ccccc1OCC1CCCO1. The molecule has 1 saturated heterocycles. The van der Waals surface area contributed by atoms with E-state index >= 15 is 0 Å². The summed E-state index contributed by atoms with van der Waals surface area (Å²) < 4.78 is 11.4. The predicted molar refractivity (Wildman–Crippen MR) is 105 cm³/mol. The molecule has 1 heterocycles. The molecule has 0 saturated carbocycles. The van der Waals surface area contributed by atoms with E-state index in [9.17, 15) is 4.79 Å². The predicted octanol–water partition coefficient (Wildman–Crippen LogP) is 3.30. The van der Waals surface area contributed by atoms with Crippen molar-refractivity contribution in [3.8, 4) is 5.75 Å². The Hall–Kier alpha value is -2.44. The van der Waals surface area contributed by atoms with E-state index in [2.05, 4.69) is 10.6 Å². The molecule has 2 N–H and O–H groups in total. The van der Waals surface area contributed by atoms with Crippen LogP contribution in [0.25, 0.3) is 0 Å². The third-order valence-electron chi connectivity index (χ3n) is 4.04. The van der Waals surface area contributed by atoms with Crippen molar-refractivity contribution in [1.82, 2.24) is 5.32 Å². The number of ether oxygens (including phenoxy) is 2. The summed E-state index contributed by atoms with van der Waals surface area (Å²) in [7, 11) is 0. The molecule has 0 spiro atoms. The Bertz CT molecular complexity index is 746. The molecule has 2 aromatic carbocycles. The van der Waals surface area contributed by atoms with Crippen LogP contribution in [0.15, 0.2) is 54.6 Å². The number of carbonyl (C=O) groups is 1. The fraction of sp³-hybridized carbons (Fsp3) is 0.300. The van der Waals surface area contributed by atoms with E-state index in [-0.39, 0.29) is 23.5 Å². The Kier molecular flexibility index (Phi) is 6.57. The quantitative estimate of drug-likeness (QED) is 0.764. The summed E-state index contributed by atoms with van der Waals surface area (Å²) >= 11 is 5.26. The zero-order valence-electron chi connectivity index (χ0n) is 14.4. The van der Waals surface area contributed by atoms with Gasteiger partial charge in [0.15, 0.2) is 5.11 Å². The third-order valence-corrected chi connectivity index (χ3v) is 4.25. The van der Waals surface area contributed by atoms with Crippen molar-refractivity contribution in [2.24, 2.45) is 0 Å². The van der Waals surface area contributed by atoms with Crippen LogP contribution in [0.2, 0.25) is 0 Å². The van der Waals surface area contributed by atoms with Crippen LogP contribution in [-0.2, 0) is 16.0 Å². The minimum Gasteiger partial charge on any atom is -0.489 e. The van der Waals surface area contributed by atoms with Gasteiger partial charge < -0.3 is 20.1 Å². The van der Waals surface area contributed by atoms with E-state index < -0.39 is 0 Å². The van der Waals surface area contributed by atoms with E-state index in [1.54, 1.807) is 0 Å². The van der Waals surface area contributed by atoms with Gasteiger partial charge in [-0.2, -0.15) is 0 Å². The fourth-order valence-corrected chi connectivity index (χ4v) is 2.98. The van der Waals surface area contributed by atoms with Crippen LogP contribution in [0.5, 0.6) is 5.75 Å². The number of anilines is 1. The van der Waals surface area contributed by atoms with Gasteiger partial charge in [-0.15, -0.1) is 0 Å². The Morgan fingerprint density at radius 3 is 2.69 bits per heavy atom. The van der Waals surface area contributed by atoms with Gasteiger partial charge in [0, 0.05) is 6.61 Å². The summed E-state index contributed by atoms with van der Waals surface area (Å²) in [6.07, 6.45) is 2.51. The summed E-state index contributed by atoms with van der Waals surface area (Å²) in [5, 5.41) is 5.99. The van der Waals surface area contributed by atoms with Crippen LogP contribution in [0, 0.1) is 0 Å². The molecule has 5 nitrogen and oxygen atoms in total. The number of hydrogen-bond donors (Lipinski definition) is 2. The van der Waals surface area contributed by atoms with E-state index in [1.807, 2.05) is 54.6 Å². The first-order chi connectivity index (χ1) is 12.7. The minimum absolute atomic E-state index is 0.139. The molecule has 1 atom stereocenters. The van der Waals surface area contributed by atoms with Crippen molar-refractivity contribution in [2.45, 2.75) is 25.4 Å². The number of benzene rings is 2. The summed E-state index contributed by atoms with van der Waals surface area (Å²) in [5.74, 6) is 0.522. The highest BCUT2D eigenvalue weighted by Crippen LogP contribution is 2.25. The first-order valence-electron chi connectivity index (χ1n) is 8.69. The first kappa shape index (κ1) is 18.4. The normalized spacial score (nSPS) is 16.1. The van der Waals surface area contributed by atoms with Crippen molar-refractivity contribution in [2.75, 3.05) is 18.5 Å². The van der Waals surface area contributed by atoms with Crippen molar-refractivity contribution in [3.05, 3.63) is 60.2 Å². The number of carbonyl (C=O) groups excluding carboxylic acids is 1. The van der Waals surface area contributed by atoms with Gasteiger partial charge >= 0.3 is 0 Å². The fourth-order valence-electron chi connectivity index (χ4n) is 2.76. The molecule has 136 valence electrons. The molecule has 1 amide bonds. The smallest absolute Gasteiger partial charge is 0.230 e. The standard InChI is InChI=1S/C20H22N2O3S/c23-19(13-15-7-2-1-3-8-15)22-20(26)21-17-10-4-5-11-18(17)25-14-16-9-6-12-24-16/h1-5,7-8,10-11,16H,6,9,12-14H2,(H2,21,22,23,26). The molecule has 0 radical (unpaired) electrons. The Morgan fingerprint density at radius 1 is 1.15 bits per heavy atom. The Balaban J connectivity index is 1.52. The van der Waals surface area contributed by atoms with Crippen molar-refractivity contribution in [1.29, 1.82) is 0 Å². The molecular weight excluding hydrogens is 348 g/mol. The molecule has 2 aromatic rings. The van der Waals surface area contributed by atoms with E-state index in [1.165, 1.54) is 0 Å². The third kappa shape index (κ3) is 5.54. The van der Waals surface area contributed by atoms with Gasteiger partial charge in [0.25, 0.3) is 0 Å². The van der Waals surface area contributed by atoms with Crippen molar-refractivity contribution >= 4 is 28.9 Å². The van der Waals surface area contributed by atoms with Gasteiger partial charge in [-0.05, 0) is 42.8 Å². The monoisotopic (exact) mass is 370 g/mol. The molecule has 3 rings (SSSR count). The maximum absolute atomic E-state index is 12.1. The Labute approximate surface area is 158 Å². The first-order valence-corrected chi connectivity index (χ1v) is 9.10. The lowest BCUT2D eigenvalue weighted by atomic mass is 10.1. The van der Waals surface area contributed by atoms with Crippen LogP contribution >= 0.6 is 12.2 Å². The molecule has 0 aliphatic carbocycles. The average Bonchev–Trinajstić information content (AvgIpc) is 3.15. The highest BCUT2D eigenvalue weighted by atomic mass is 32.1. The molecule has 26 heavy (non-hydrogen) atoms. The highest BCUT2D eigenvalue weighted by Gasteiger charge is 2.17. The lowest BCUT2D eigenvalue weighted by molar-refractivity contribution is -0.119. The van der Waals surface area contributed by atoms with Gasteiger partial charge in [0.1, 0.15) is 12.4 Å². The summed E-state index contributed by atoms with van der Waals surface area (Å²) in [4.78, 5) is 12.1. The van der Waals surface area contributed by atoms with Crippen LogP contribution in [-0.4, -0.2) is 30.3 Å². The summed E-state index contributed by atoms with van der Waals surface area (Å²) in [5.41, 5.74) is 1.66. The lowest BCUT2D eigenvalue weighted by Gasteiger charge is -2.16. The molecule has 0 aromatic heterocycles. The molecular formula is C20H22N2O3S. The molecule has 1 unspecified atom stereocenters. The molecule has 0 bridgehead atoms. The second-order valence-corrected chi connectivity index (χ2v) is 6.52. The summed E-state index contributed by atoms with van der Waals surface area (Å²) in [6.45, 7) is 1.30. The topological polar surface area (TPSA) is 59.6 Å². The second kappa shape index (κ2) is 9.31. The maximum Gasteiger partial charge on any atom is 0.230 e. The number of amides is 1. The van der Waals surface area contributed by atoms with E-state index in [4.69, 9.17) is 21.7 Å².